The third-order valence-electron chi connectivity index (χ3n) is 4.75. The second-order valence-electron chi connectivity index (χ2n) is 6.26. The Balaban J connectivity index is 1.79. The summed E-state index contributed by atoms with van der Waals surface area (Å²) in [7, 11) is 0. The fourth-order valence-corrected chi connectivity index (χ4v) is 3.52. The highest BCUT2D eigenvalue weighted by Gasteiger charge is 2.44. The summed E-state index contributed by atoms with van der Waals surface area (Å²) in [6.45, 7) is 9.92. The number of nitrogens with zero attached hydrogens (tertiary/aromatic N) is 1. The van der Waals surface area contributed by atoms with Crippen LogP contribution in [0.4, 0.5) is 0 Å². The highest BCUT2D eigenvalue weighted by atomic mass is 15.2. The predicted octanol–water partition coefficient (Wildman–Crippen LogP) is 3.03. The summed E-state index contributed by atoms with van der Waals surface area (Å²) in [5.74, 6) is 0. The Bertz CT molecular complexity index is 223. The van der Waals surface area contributed by atoms with Crippen LogP contribution in [-0.4, -0.2) is 37.1 Å². The molecule has 0 bridgehead atoms. The van der Waals surface area contributed by atoms with E-state index in [1.165, 1.54) is 71.1 Å². The minimum absolute atomic E-state index is 0.677. The van der Waals surface area contributed by atoms with Gasteiger partial charge in [-0.3, -0.25) is 4.90 Å². The summed E-state index contributed by atoms with van der Waals surface area (Å²) in [6.07, 6.45) is 9.83. The maximum absolute atomic E-state index is 3.46. The zero-order valence-electron chi connectivity index (χ0n) is 11.8. The van der Waals surface area contributed by atoms with Crippen LogP contribution in [-0.2, 0) is 0 Å². The van der Waals surface area contributed by atoms with E-state index in [9.17, 15) is 0 Å². The number of rotatable bonds is 7. The van der Waals surface area contributed by atoms with E-state index < -0.39 is 0 Å². The van der Waals surface area contributed by atoms with Crippen molar-refractivity contribution < 1.29 is 0 Å². The highest BCUT2D eigenvalue weighted by molar-refractivity contribution is 5.00. The van der Waals surface area contributed by atoms with Crippen LogP contribution in [0.25, 0.3) is 0 Å². The minimum Gasteiger partial charge on any atom is -0.315 e. The van der Waals surface area contributed by atoms with Gasteiger partial charge in [-0.1, -0.05) is 39.5 Å². The third kappa shape index (κ3) is 3.23. The largest absolute Gasteiger partial charge is 0.315 e. The molecule has 0 amide bonds. The molecule has 2 aliphatic heterocycles. The van der Waals surface area contributed by atoms with Gasteiger partial charge in [-0.05, 0) is 25.8 Å². The lowest BCUT2D eigenvalue weighted by molar-refractivity contribution is 0.139. The molecule has 0 aromatic heterocycles. The second kappa shape index (κ2) is 6.19. The SMILES string of the molecule is CCCCCC(CCC)N1CCC2(CNC2)C1. The number of hydrogen-bond donors (Lipinski definition) is 1. The molecule has 0 aliphatic carbocycles. The Morgan fingerprint density at radius 3 is 2.47 bits per heavy atom. The average Bonchev–Trinajstić information content (AvgIpc) is 2.73. The topological polar surface area (TPSA) is 15.3 Å². The molecule has 17 heavy (non-hydrogen) atoms. The Hall–Kier alpha value is -0.0800. The van der Waals surface area contributed by atoms with Crippen molar-refractivity contribution in [2.45, 2.75) is 64.8 Å². The Morgan fingerprint density at radius 1 is 1.12 bits per heavy atom. The molecule has 1 spiro atoms. The predicted molar refractivity (Wildman–Crippen MR) is 74.3 cm³/mol. The smallest absolute Gasteiger partial charge is 0.00954 e. The number of hydrogen-bond acceptors (Lipinski definition) is 2. The first-order chi connectivity index (χ1) is 8.29. The normalized spacial score (nSPS) is 25.1. The van der Waals surface area contributed by atoms with Gasteiger partial charge in [-0.15, -0.1) is 0 Å². The number of unbranched alkanes of at least 4 members (excludes halogenated alkanes) is 2. The maximum atomic E-state index is 3.46. The van der Waals surface area contributed by atoms with E-state index in [2.05, 4.69) is 24.1 Å². The molecule has 2 heteroatoms. The van der Waals surface area contributed by atoms with Gasteiger partial charge < -0.3 is 5.32 Å². The van der Waals surface area contributed by atoms with E-state index in [1.54, 1.807) is 0 Å². The van der Waals surface area contributed by atoms with Crippen LogP contribution in [0.1, 0.15) is 58.8 Å². The lowest BCUT2D eigenvalue weighted by Crippen LogP contribution is -2.55. The zero-order valence-corrected chi connectivity index (χ0v) is 11.8. The highest BCUT2D eigenvalue weighted by Crippen LogP contribution is 2.36. The summed E-state index contributed by atoms with van der Waals surface area (Å²) in [4.78, 5) is 2.81. The molecule has 0 saturated carbocycles. The first-order valence-corrected chi connectivity index (χ1v) is 7.74. The van der Waals surface area contributed by atoms with Gasteiger partial charge in [-0.2, -0.15) is 0 Å². The Morgan fingerprint density at radius 2 is 1.94 bits per heavy atom. The van der Waals surface area contributed by atoms with Crippen LogP contribution >= 0.6 is 0 Å². The molecule has 2 fully saturated rings. The molecule has 1 unspecified atom stereocenters. The lowest BCUT2D eigenvalue weighted by atomic mass is 9.81. The monoisotopic (exact) mass is 238 g/mol. The molecule has 2 rings (SSSR count). The van der Waals surface area contributed by atoms with Crippen LogP contribution in [0.3, 0.4) is 0 Å². The van der Waals surface area contributed by atoms with Crippen LogP contribution in [0.5, 0.6) is 0 Å². The van der Waals surface area contributed by atoms with E-state index in [4.69, 9.17) is 0 Å². The van der Waals surface area contributed by atoms with E-state index in [-0.39, 0.29) is 0 Å². The summed E-state index contributed by atoms with van der Waals surface area (Å²) in [6, 6.07) is 0.881. The molecule has 1 N–H and O–H groups in total. The van der Waals surface area contributed by atoms with E-state index in [0.29, 0.717) is 5.41 Å². The van der Waals surface area contributed by atoms with Crippen molar-refractivity contribution in [2.75, 3.05) is 26.2 Å². The van der Waals surface area contributed by atoms with Gasteiger partial charge >= 0.3 is 0 Å². The van der Waals surface area contributed by atoms with Crippen molar-refractivity contribution in [1.29, 1.82) is 0 Å². The molecule has 0 radical (unpaired) electrons. The molecule has 100 valence electrons. The first-order valence-electron chi connectivity index (χ1n) is 7.74. The quantitative estimate of drug-likeness (QED) is 0.686. The molecule has 2 saturated heterocycles. The molecule has 2 heterocycles. The molecule has 0 aromatic rings. The van der Waals surface area contributed by atoms with Gasteiger partial charge in [0, 0.05) is 31.1 Å². The van der Waals surface area contributed by atoms with Crippen LogP contribution < -0.4 is 5.32 Å². The zero-order chi connectivity index (χ0) is 12.1. The molecule has 1 atom stereocenters. The molecule has 2 nitrogen and oxygen atoms in total. The van der Waals surface area contributed by atoms with Gasteiger partial charge in [0.15, 0.2) is 0 Å². The number of nitrogens with one attached hydrogen (secondary N) is 1. The van der Waals surface area contributed by atoms with Crippen molar-refractivity contribution in [3.8, 4) is 0 Å². The molecule has 0 aromatic carbocycles. The van der Waals surface area contributed by atoms with Crippen molar-refractivity contribution in [2.24, 2.45) is 5.41 Å². The van der Waals surface area contributed by atoms with E-state index in [1.807, 2.05) is 0 Å². The fourth-order valence-electron chi connectivity index (χ4n) is 3.52. The van der Waals surface area contributed by atoms with Crippen molar-refractivity contribution >= 4 is 0 Å². The average molecular weight is 238 g/mol. The molecule has 2 aliphatic rings. The third-order valence-corrected chi connectivity index (χ3v) is 4.75. The Kier molecular flexibility index (Phi) is 4.87. The maximum Gasteiger partial charge on any atom is 0.00954 e. The lowest BCUT2D eigenvalue weighted by Gasteiger charge is -2.40. The van der Waals surface area contributed by atoms with Crippen molar-refractivity contribution in [3.05, 3.63) is 0 Å². The van der Waals surface area contributed by atoms with Crippen LogP contribution in [0.15, 0.2) is 0 Å². The second-order valence-corrected chi connectivity index (χ2v) is 6.26. The van der Waals surface area contributed by atoms with E-state index >= 15 is 0 Å². The summed E-state index contributed by atoms with van der Waals surface area (Å²) in [5, 5.41) is 3.46. The number of likely N-dealkylation sites (tertiary alicyclic amines) is 1. The minimum atomic E-state index is 0.677. The standard InChI is InChI=1S/C15H30N2/c1-3-5-6-8-14(7-4-2)17-10-9-15(13-17)11-16-12-15/h14,16H,3-13H2,1-2H3. The first kappa shape index (κ1) is 13.4. The van der Waals surface area contributed by atoms with Gasteiger partial charge in [-0.25, -0.2) is 0 Å². The van der Waals surface area contributed by atoms with Crippen LogP contribution in [0, 0.1) is 5.41 Å². The van der Waals surface area contributed by atoms with Gasteiger partial charge in [0.2, 0.25) is 0 Å². The molecular weight excluding hydrogens is 208 g/mol. The fraction of sp³-hybridized carbons (Fsp3) is 1.00. The van der Waals surface area contributed by atoms with Crippen molar-refractivity contribution in [3.63, 3.8) is 0 Å². The summed E-state index contributed by atoms with van der Waals surface area (Å²) >= 11 is 0. The summed E-state index contributed by atoms with van der Waals surface area (Å²) in [5.41, 5.74) is 0.677. The van der Waals surface area contributed by atoms with Crippen LogP contribution in [0.2, 0.25) is 0 Å². The van der Waals surface area contributed by atoms with Gasteiger partial charge in [0.25, 0.3) is 0 Å². The summed E-state index contributed by atoms with van der Waals surface area (Å²) < 4.78 is 0. The van der Waals surface area contributed by atoms with Crippen molar-refractivity contribution in [1.82, 2.24) is 10.2 Å². The van der Waals surface area contributed by atoms with Gasteiger partial charge in [0.05, 0.1) is 0 Å². The molecular formula is C15H30N2. The Labute approximate surface area is 107 Å². The van der Waals surface area contributed by atoms with E-state index in [0.717, 1.165) is 6.04 Å². The van der Waals surface area contributed by atoms with Gasteiger partial charge in [0.1, 0.15) is 0 Å².